The molecule has 118 valence electrons. The Labute approximate surface area is 137 Å². The second kappa shape index (κ2) is 8.54. The Morgan fingerprint density at radius 2 is 1.81 bits per heavy atom. The van der Waals surface area contributed by atoms with Gasteiger partial charge in [0, 0.05) is 23.7 Å². The van der Waals surface area contributed by atoms with Gasteiger partial charge in [-0.05, 0) is 24.0 Å². The van der Waals surface area contributed by atoms with Gasteiger partial charge in [-0.2, -0.15) is 0 Å². The minimum Gasteiger partial charge on any atom is -0.398 e. The lowest BCUT2D eigenvalue weighted by Crippen LogP contribution is -2.38. The number of amides is 1. The number of hydrogen-bond acceptors (Lipinski definition) is 3. The molecule has 0 fully saturated rings. The molecule has 1 rings (SSSR count). The SMILES string of the molecule is CC(C)CN(CC(C)C)C(=O)CSc1c(N)cccc1Cl. The molecule has 0 aliphatic heterocycles. The van der Waals surface area contributed by atoms with Crippen molar-refractivity contribution in [3.05, 3.63) is 23.2 Å². The maximum absolute atomic E-state index is 12.4. The molecule has 0 atom stereocenters. The van der Waals surface area contributed by atoms with Gasteiger partial charge in [0.2, 0.25) is 5.91 Å². The second-order valence-corrected chi connectivity index (χ2v) is 7.43. The van der Waals surface area contributed by atoms with E-state index < -0.39 is 0 Å². The number of benzene rings is 1. The predicted octanol–water partition coefficient (Wildman–Crippen LogP) is 4.15. The van der Waals surface area contributed by atoms with Crippen LogP contribution in [0.25, 0.3) is 0 Å². The van der Waals surface area contributed by atoms with Gasteiger partial charge in [0.25, 0.3) is 0 Å². The summed E-state index contributed by atoms with van der Waals surface area (Å²) in [6.07, 6.45) is 0. The Morgan fingerprint density at radius 3 is 2.29 bits per heavy atom. The van der Waals surface area contributed by atoms with Crippen LogP contribution in [0.3, 0.4) is 0 Å². The number of thioether (sulfide) groups is 1. The van der Waals surface area contributed by atoms with Crippen molar-refractivity contribution in [2.24, 2.45) is 11.8 Å². The third-order valence-corrected chi connectivity index (χ3v) is 4.42. The Hall–Kier alpha value is -0.870. The van der Waals surface area contributed by atoms with E-state index >= 15 is 0 Å². The molecule has 21 heavy (non-hydrogen) atoms. The quantitative estimate of drug-likeness (QED) is 0.604. The lowest BCUT2D eigenvalue weighted by molar-refractivity contribution is -0.129. The molecule has 5 heteroatoms. The van der Waals surface area contributed by atoms with Crippen molar-refractivity contribution in [2.45, 2.75) is 32.6 Å². The zero-order chi connectivity index (χ0) is 16.0. The summed E-state index contributed by atoms with van der Waals surface area (Å²) < 4.78 is 0. The molecule has 0 unspecified atom stereocenters. The van der Waals surface area contributed by atoms with Gasteiger partial charge in [-0.3, -0.25) is 4.79 Å². The van der Waals surface area contributed by atoms with Crippen LogP contribution in [0.4, 0.5) is 5.69 Å². The molecule has 0 aliphatic rings. The maximum Gasteiger partial charge on any atom is 0.232 e. The summed E-state index contributed by atoms with van der Waals surface area (Å²) in [5.41, 5.74) is 6.54. The van der Waals surface area contributed by atoms with Crippen molar-refractivity contribution in [1.29, 1.82) is 0 Å². The summed E-state index contributed by atoms with van der Waals surface area (Å²) in [5.74, 6) is 1.43. The standard InChI is InChI=1S/C16H25ClN2OS/c1-11(2)8-19(9-12(3)4)15(20)10-21-16-13(17)6-5-7-14(16)18/h5-7,11-12H,8-10,18H2,1-4H3. The molecular weight excluding hydrogens is 304 g/mol. The van der Waals surface area contributed by atoms with Gasteiger partial charge in [-0.15, -0.1) is 11.8 Å². The first-order valence-corrected chi connectivity index (χ1v) is 8.62. The number of anilines is 1. The number of halogens is 1. The first-order chi connectivity index (χ1) is 9.81. The highest BCUT2D eigenvalue weighted by molar-refractivity contribution is 8.00. The summed E-state index contributed by atoms with van der Waals surface area (Å²) >= 11 is 7.55. The topological polar surface area (TPSA) is 46.3 Å². The van der Waals surface area contributed by atoms with E-state index in [2.05, 4.69) is 27.7 Å². The van der Waals surface area contributed by atoms with Crippen molar-refractivity contribution in [3.8, 4) is 0 Å². The molecule has 0 saturated heterocycles. The normalized spacial score (nSPS) is 11.2. The van der Waals surface area contributed by atoms with E-state index in [1.54, 1.807) is 12.1 Å². The lowest BCUT2D eigenvalue weighted by Gasteiger charge is -2.26. The van der Waals surface area contributed by atoms with Crippen molar-refractivity contribution < 1.29 is 4.79 Å². The molecular formula is C16H25ClN2OS. The summed E-state index contributed by atoms with van der Waals surface area (Å²) in [6.45, 7) is 10.1. The number of nitrogen functional groups attached to an aromatic ring is 1. The van der Waals surface area contributed by atoms with Gasteiger partial charge in [0.1, 0.15) is 0 Å². The van der Waals surface area contributed by atoms with Crippen molar-refractivity contribution in [3.63, 3.8) is 0 Å². The molecule has 1 aromatic carbocycles. The van der Waals surface area contributed by atoms with E-state index in [0.717, 1.165) is 18.0 Å². The van der Waals surface area contributed by atoms with E-state index in [-0.39, 0.29) is 5.91 Å². The second-order valence-electron chi connectivity index (χ2n) is 6.03. The minimum absolute atomic E-state index is 0.140. The van der Waals surface area contributed by atoms with Crippen molar-refractivity contribution in [2.75, 3.05) is 24.6 Å². The van der Waals surface area contributed by atoms with E-state index in [0.29, 0.717) is 28.3 Å². The number of carbonyl (C=O) groups excluding carboxylic acids is 1. The summed E-state index contributed by atoms with van der Waals surface area (Å²) in [6, 6.07) is 5.41. The summed E-state index contributed by atoms with van der Waals surface area (Å²) in [4.78, 5) is 15.2. The molecule has 0 bridgehead atoms. The highest BCUT2D eigenvalue weighted by Gasteiger charge is 2.17. The van der Waals surface area contributed by atoms with E-state index in [1.807, 2.05) is 11.0 Å². The summed E-state index contributed by atoms with van der Waals surface area (Å²) in [5, 5.41) is 0.604. The van der Waals surface area contributed by atoms with Crippen LogP contribution in [0, 0.1) is 11.8 Å². The average Bonchev–Trinajstić information content (AvgIpc) is 2.36. The minimum atomic E-state index is 0.140. The Balaban J connectivity index is 2.69. The van der Waals surface area contributed by atoms with Crippen LogP contribution in [-0.4, -0.2) is 29.6 Å². The molecule has 0 aliphatic carbocycles. The average molecular weight is 329 g/mol. The number of nitrogens with zero attached hydrogens (tertiary/aromatic N) is 1. The fraction of sp³-hybridized carbons (Fsp3) is 0.562. The molecule has 3 nitrogen and oxygen atoms in total. The van der Waals surface area contributed by atoms with Gasteiger partial charge in [0.05, 0.1) is 10.8 Å². The van der Waals surface area contributed by atoms with E-state index in [1.165, 1.54) is 11.8 Å². The van der Waals surface area contributed by atoms with Crippen LogP contribution >= 0.6 is 23.4 Å². The molecule has 0 heterocycles. The van der Waals surface area contributed by atoms with E-state index in [4.69, 9.17) is 17.3 Å². The Kier molecular flexibility index (Phi) is 7.40. The largest absolute Gasteiger partial charge is 0.398 e. The number of carbonyl (C=O) groups is 1. The number of hydrogen-bond donors (Lipinski definition) is 1. The highest BCUT2D eigenvalue weighted by atomic mass is 35.5. The maximum atomic E-state index is 12.4. The zero-order valence-corrected chi connectivity index (χ0v) is 14.8. The number of rotatable bonds is 7. The van der Waals surface area contributed by atoms with Crippen LogP contribution in [0.15, 0.2) is 23.1 Å². The van der Waals surface area contributed by atoms with Crippen LogP contribution in [0.5, 0.6) is 0 Å². The lowest BCUT2D eigenvalue weighted by atomic mass is 10.1. The van der Waals surface area contributed by atoms with E-state index in [9.17, 15) is 4.79 Å². The predicted molar refractivity (Wildman–Crippen MR) is 92.8 cm³/mol. The van der Waals surface area contributed by atoms with Gasteiger partial charge in [-0.1, -0.05) is 45.4 Å². The van der Waals surface area contributed by atoms with Crippen LogP contribution in [0.2, 0.25) is 5.02 Å². The fourth-order valence-corrected chi connectivity index (χ4v) is 3.30. The molecule has 0 saturated carbocycles. The molecule has 2 N–H and O–H groups in total. The Bertz CT molecular complexity index is 447. The highest BCUT2D eigenvalue weighted by Crippen LogP contribution is 2.32. The molecule has 0 aromatic heterocycles. The van der Waals surface area contributed by atoms with Gasteiger partial charge in [0.15, 0.2) is 0 Å². The zero-order valence-electron chi connectivity index (χ0n) is 13.2. The third-order valence-electron chi connectivity index (χ3n) is 2.86. The first kappa shape index (κ1) is 18.2. The monoisotopic (exact) mass is 328 g/mol. The van der Waals surface area contributed by atoms with Crippen molar-refractivity contribution in [1.82, 2.24) is 4.90 Å². The molecule has 1 amide bonds. The van der Waals surface area contributed by atoms with Gasteiger partial charge in [-0.25, -0.2) is 0 Å². The summed E-state index contributed by atoms with van der Waals surface area (Å²) in [7, 11) is 0. The molecule has 0 radical (unpaired) electrons. The van der Waals surface area contributed by atoms with Crippen molar-refractivity contribution >= 4 is 35.0 Å². The van der Waals surface area contributed by atoms with Crippen LogP contribution in [-0.2, 0) is 4.79 Å². The first-order valence-electron chi connectivity index (χ1n) is 7.25. The van der Waals surface area contributed by atoms with Crippen LogP contribution in [0.1, 0.15) is 27.7 Å². The smallest absolute Gasteiger partial charge is 0.232 e. The van der Waals surface area contributed by atoms with Gasteiger partial charge < -0.3 is 10.6 Å². The molecule has 1 aromatic rings. The fourth-order valence-electron chi connectivity index (χ4n) is 2.06. The van der Waals surface area contributed by atoms with Crippen LogP contribution < -0.4 is 5.73 Å². The number of nitrogens with two attached hydrogens (primary N) is 1. The molecule has 0 spiro atoms. The van der Waals surface area contributed by atoms with Gasteiger partial charge >= 0.3 is 0 Å². The third kappa shape index (κ3) is 6.18. The Morgan fingerprint density at radius 1 is 1.24 bits per heavy atom.